The maximum atomic E-state index is 12.5. The van der Waals surface area contributed by atoms with Crippen LogP contribution in [0.2, 0.25) is 5.02 Å². The topological polar surface area (TPSA) is 69.7 Å². The molecule has 1 saturated heterocycles. The lowest BCUT2D eigenvalue weighted by Crippen LogP contribution is -2.40. The summed E-state index contributed by atoms with van der Waals surface area (Å²) in [7, 11) is -3.64. The van der Waals surface area contributed by atoms with Crippen molar-refractivity contribution in [2.45, 2.75) is 26.3 Å². The van der Waals surface area contributed by atoms with E-state index in [0.717, 1.165) is 29.2 Å². The van der Waals surface area contributed by atoms with Crippen LogP contribution in [0.1, 0.15) is 24.0 Å². The number of sulfonamides is 1. The van der Waals surface area contributed by atoms with Gasteiger partial charge in [0.15, 0.2) is 0 Å². The van der Waals surface area contributed by atoms with Crippen molar-refractivity contribution < 1.29 is 13.2 Å². The molecule has 1 amide bonds. The lowest BCUT2D eigenvalue weighted by Gasteiger charge is -2.24. The number of halogens is 1. The highest BCUT2D eigenvalue weighted by Gasteiger charge is 2.23. The fourth-order valence-electron chi connectivity index (χ4n) is 3.43. The van der Waals surface area contributed by atoms with E-state index < -0.39 is 10.0 Å². The molecule has 1 aliphatic heterocycles. The van der Waals surface area contributed by atoms with Gasteiger partial charge in [-0.1, -0.05) is 29.8 Å². The van der Waals surface area contributed by atoms with Gasteiger partial charge in [0.05, 0.1) is 11.9 Å². The van der Waals surface area contributed by atoms with E-state index in [2.05, 4.69) is 22.3 Å². The molecule has 1 N–H and O–H groups in total. The maximum Gasteiger partial charge on any atom is 0.241 e. The first-order valence-corrected chi connectivity index (χ1v) is 11.8. The summed E-state index contributed by atoms with van der Waals surface area (Å²) in [6, 6.07) is 13.1. The second-order valence-corrected chi connectivity index (χ2v) is 9.60. The molecular weight excluding hydrogens is 410 g/mol. The summed E-state index contributed by atoms with van der Waals surface area (Å²) in [5.41, 5.74) is 3.18. The molecular formula is C21H26ClN3O3S. The van der Waals surface area contributed by atoms with Crippen LogP contribution >= 0.6 is 11.6 Å². The molecule has 3 rings (SSSR count). The van der Waals surface area contributed by atoms with Gasteiger partial charge in [-0.3, -0.25) is 9.10 Å². The molecule has 1 heterocycles. The van der Waals surface area contributed by atoms with Gasteiger partial charge in [-0.05, 0) is 55.2 Å². The SMILES string of the molecule is Cc1c(Cl)cccc1N(CC(=O)NCc1ccc(N2CCCC2)cc1)S(C)(=O)=O. The zero-order valence-electron chi connectivity index (χ0n) is 16.7. The van der Waals surface area contributed by atoms with E-state index in [0.29, 0.717) is 22.8 Å². The van der Waals surface area contributed by atoms with Crippen molar-refractivity contribution in [3.63, 3.8) is 0 Å². The molecule has 0 aromatic heterocycles. The van der Waals surface area contributed by atoms with Crippen LogP contribution in [0.4, 0.5) is 11.4 Å². The number of amides is 1. The Morgan fingerprint density at radius 1 is 1.14 bits per heavy atom. The number of nitrogens with one attached hydrogen (secondary N) is 1. The van der Waals surface area contributed by atoms with Crippen molar-refractivity contribution in [3.8, 4) is 0 Å². The summed E-state index contributed by atoms with van der Waals surface area (Å²) in [6.45, 7) is 3.94. The molecule has 0 bridgehead atoms. The van der Waals surface area contributed by atoms with Gasteiger partial charge in [0.1, 0.15) is 6.54 Å². The van der Waals surface area contributed by atoms with Crippen molar-refractivity contribution in [1.82, 2.24) is 5.32 Å². The third-order valence-electron chi connectivity index (χ3n) is 5.09. The first-order valence-electron chi connectivity index (χ1n) is 9.59. The van der Waals surface area contributed by atoms with Crippen LogP contribution < -0.4 is 14.5 Å². The van der Waals surface area contributed by atoms with E-state index in [1.807, 2.05) is 12.1 Å². The molecule has 0 radical (unpaired) electrons. The number of hydrogen-bond donors (Lipinski definition) is 1. The Morgan fingerprint density at radius 2 is 1.79 bits per heavy atom. The van der Waals surface area contributed by atoms with Gasteiger partial charge < -0.3 is 10.2 Å². The predicted octanol–water partition coefficient (Wildman–Crippen LogP) is 3.33. The largest absolute Gasteiger partial charge is 0.372 e. The number of anilines is 2. The molecule has 156 valence electrons. The Morgan fingerprint density at radius 3 is 2.41 bits per heavy atom. The smallest absolute Gasteiger partial charge is 0.241 e. The number of carbonyl (C=O) groups excluding carboxylic acids is 1. The lowest BCUT2D eigenvalue weighted by molar-refractivity contribution is -0.119. The monoisotopic (exact) mass is 435 g/mol. The Kier molecular flexibility index (Phi) is 6.70. The summed E-state index contributed by atoms with van der Waals surface area (Å²) >= 11 is 6.12. The van der Waals surface area contributed by atoms with Crippen molar-refractivity contribution in [1.29, 1.82) is 0 Å². The molecule has 0 atom stereocenters. The van der Waals surface area contributed by atoms with Crippen molar-refractivity contribution in [2.24, 2.45) is 0 Å². The number of hydrogen-bond acceptors (Lipinski definition) is 4. The first kappa shape index (κ1) is 21.5. The van der Waals surface area contributed by atoms with E-state index >= 15 is 0 Å². The maximum absolute atomic E-state index is 12.5. The summed E-state index contributed by atoms with van der Waals surface area (Å²) in [5.74, 6) is -0.376. The van der Waals surface area contributed by atoms with E-state index in [1.54, 1.807) is 25.1 Å². The Balaban J connectivity index is 1.64. The summed E-state index contributed by atoms with van der Waals surface area (Å²) in [6.07, 6.45) is 3.53. The zero-order valence-corrected chi connectivity index (χ0v) is 18.3. The fraction of sp³-hybridized carbons (Fsp3) is 0.381. The number of carbonyl (C=O) groups is 1. The van der Waals surface area contributed by atoms with Gasteiger partial charge in [0, 0.05) is 30.3 Å². The highest BCUT2D eigenvalue weighted by Crippen LogP contribution is 2.28. The van der Waals surface area contributed by atoms with Gasteiger partial charge in [-0.15, -0.1) is 0 Å². The highest BCUT2D eigenvalue weighted by atomic mass is 35.5. The number of benzene rings is 2. The molecule has 0 spiro atoms. The minimum Gasteiger partial charge on any atom is -0.372 e. The summed E-state index contributed by atoms with van der Waals surface area (Å²) in [4.78, 5) is 14.8. The predicted molar refractivity (Wildman–Crippen MR) is 118 cm³/mol. The van der Waals surface area contributed by atoms with Gasteiger partial charge in [-0.2, -0.15) is 0 Å². The van der Waals surface area contributed by atoms with Crippen molar-refractivity contribution >= 4 is 38.9 Å². The normalized spacial score (nSPS) is 14.1. The number of rotatable bonds is 7. The van der Waals surface area contributed by atoms with Crippen LogP contribution in [0.3, 0.4) is 0 Å². The Hall–Kier alpha value is -2.25. The Bertz CT molecular complexity index is 971. The van der Waals surface area contributed by atoms with Gasteiger partial charge in [-0.25, -0.2) is 8.42 Å². The first-order chi connectivity index (χ1) is 13.8. The zero-order chi connectivity index (χ0) is 21.0. The van der Waals surface area contributed by atoms with Gasteiger partial charge >= 0.3 is 0 Å². The van der Waals surface area contributed by atoms with Crippen molar-refractivity contribution in [3.05, 3.63) is 58.6 Å². The molecule has 0 saturated carbocycles. The minimum atomic E-state index is -3.64. The quantitative estimate of drug-likeness (QED) is 0.724. The molecule has 8 heteroatoms. The third-order valence-corrected chi connectivity index (χ3v) is 6.63. The Labute approximate surface area is 177 Å². The van der Waals surface area contributed by atoms with Gasteiger partial charge in [0.2, 0.25) is 15.9 Å². The lowest BCUT2D eigenvalue weighted by atomic mass is 10.2. The average Bonchev–Trinajstić information content (AvgIpc) is 3.21. The fourth-order valence-corrected chi connectivity index (χ4v) is 4.51. The van der Waals surface area contributed by atoms with E-state index in [1.165, 1.54) is 18.5 Å². The number of nitrogens with zero attached hydrogens (tertiary/aromatic N) is 2. The van der Waals surface area contributed by atoms with E-state index in [9.17, 15) is 13.2 Å². The standard InChI is InChI=1S/C21H26ClN3O3S/c1-16-19(22)6-5-7-20(16)25(29(2,27)28)15-21(26)23-14-17-8-10-18(11-9-17)24-12-3-4-13-24/h5-11H,3-4,12-15H2,1-2H3,(H,23,26). The van der Waals surface area contributed by atoms with Crippen LogP contribution in [0.5, 0.6) is 0 Å². The van der Waals surface area contributed by atoms with Crippen LogP contribution in [-0.4, -0.2) is 40.2 Å². The molecule has 0 aliphatic carbocycles. The van der Waals surface area contributed by atoms with Crippen molar-refractivity contribution in [2.75, 3.05) is 35.1 Å². The molecule has 1 fully saturated rings. The molecule has 0 unspecified atom stereocenters. The summed E-state index contributed by atoms with van der Waals surface area (Å²) in [5, 5.41) is 3.26. The van der Waals surface area contributed by atoms with Crippen LogP contribution in [0, 0.1) is 6.92 Å². The average molecular weight is 436 g/mol. The molecule has 29 heavy (non-hydrogen) atoms. The highest BCUT2D eigenvalue weighted by molar-refractivity contribution is 7.92. The second-order valence-electron chi connectivity index (χ2n) is 7.29. The van der Waals surface area contributed by atoms with E-state index in [-0.39, 0.29) is 12.5 Å². The van der Waals surface area contributed by atoms with Gasteiger partial charge in [0.25, 0.3) is 0 Å². The second kappa shape index (κ2) is 9.05. The van der Waals surface area contributed by atoms with Crippen LogP contribution in [0.15, 0.2) is 42.5 Å². The summed E-state index contributed by atoms with van der Waals surface area (Å²) < 4.78 is 25.6. The third kappa shape index (κ3) is 5.42. The molecule has 6 nitrogen and oxygen atoms in total. The van der Waals surface area contributed by atoms with Crippen LogP contribution in [-0.2, 0) is 21.4 Å². The van der Waals surface area contributed by atoms with E-state index in [4.69, 9.17) is 11.6 Å². The molecule has 1 aliphatic rings. The molecule has 2 aromatic carbocycles. The minimum absolute atomic E-state index is 0.300. The van der Waals surface area contributed by atoms with Crippen LogP contribution in [0.25, 0.3) is 0 Å². The molecule has 2 aromatic rings.